The van der Waals surface area contributed by atoms with Crippen molar-refractivity contribution in [2.24, 2.45) is 0 Å². The highest BCUT2D eigenvalue weighted by Crippen LogP contribution is 2.37. The first-order chi connectivity index (χ1) is 8.99. The number of nitrogens with zero attached hydrogens (tertiary/aromatic N) is 1. The summed E-state index contributed by atoms with van der Waals surface area (Å²) in [4.78, 5) is 14.4. The first-order valence-corrected chi connectivity index (χ1v) is 8.92. The molecule has 6 heteroatoms. The number of fused-ring (bicyclic) bond motifs is 2. The Morgan fingerprint density at radius 2 is 1.68 bits per heavy atom. The van der Waals surface area contributed by atoms with Gasteiger partial charge in [0.2, 0.25) is 5.91 Å². The van der Waals surface area contributed by atoms with Gasteiger partial charge in [-0.3, -0.25) is 4.79 Å². The number of amides is 1. The molecule has 0 saturated carbocycles. The fourth-order valence-corrected chi connectivity index (χ4v) is 5.75. The van der Waals surface area contributed by atoms with Crippen molar-refractivity contribution in [3.05, 3.63) is 0 Å². The quantitative estimate of drug-likeness (QED) is 0.760. The average molecular weight is 287 g/mol. The van der Waals surface area contributed by atoms with Crippen molar-refractivity contribution in [3.63, 3.8) is 0 Å². The molecule has 2 bridgehead atoms. The van der Waals surface area contributed by atoms with Crippen LogP contribution >= 0.6 is 0 Å². The van der Waals surface area contributed by atoms with Crippen molar-refractivity contribution in [3.8, 4) is 0 Å². The second-order valence-electron chi connectivity index (χ2n) is 6.11. The zero-order valence-corrected chi connectivity index (χ0v) is 11.8. The molecule has 3 fully saturated rings. The van der Waals surface area contributed by atoms with E-state index in [1.807, 2.05) is 0 Å². The third kappa shape index (κ3) is 2.29. The predicted molar refractivity (Wildman–Crippen MR) is 70.3 cm³/mol. The Labute approximate surface area is 113 Å². The number of carbonyl (C=O) groups is 1. The summed E-state index contributed by atoms with van der Waals surface area (Å²) in [5.41, 5.74) is 0. The van der Waals surface area contributed by atoms with E-state index in [2.05, 4.69) is 0 Å². The Bertz CT molecular complexity index is 461. The third-order valence-electron chi connectivity index (χ3n) is 4.82. The number of sulfone groups is 1. The normalized spacial score (nSPS) is 41.2. The van der Waals surface area contributed by atoms with Crippen LogP contribution in [0.1, 0.15) is 44.9 Å². The number of piperidine rings is 1. The van der Waals surface area contributed by atoms with Crippen LogP contribution in [0, 0.1) is 0 Å². The van der Waals surface area contributed by atoms with E-state index >= 15 is 0 Å². The molecule has 3 rings (SSSR count). The van der Waals surface area contributed by atoms with Crippen LogP contribution in [0.4, 0.5) is 0 Å². The van der Waals surface area contributed by atoms with E-state index in [0.29, 0.717) is 25.7 Å². The van der Waals surface area contributed by atoms with Crippen LogP contribution in [0.15, 0.2) is 0 Å². The van der Waals surface area contributed by atoms with Gasteiger partial charge in [-0.25, -0.2) is 8.42 Å². The Morgan fingerprint density at radius 1 is 1.05 bits per heavy atom. The average Bonchev–Trinajstić information content (AvgIpc) is 2.60. The second kappa shape index (κ2) is 4.74. The molecule has 3 unspecified atom stereocenters. The molecule has 0 aromatic carbocycles. The minimum atomic E-state index is -3.26. The molecule has 3 atom stereocenters. The van der Waals surface area contributed by atoms with Gasteiger partial charge in [-0.1, -0.05) is 6.42 Å². The summed E-state index contributed by atoms with van der Waals surface area (Å²) in [6, 6.07) is 0.108. The molecule has 19 heavy (non-hydrogen) atoms. The number of aliphatic hydroxyl groups excluding tert-OH is 1. The summed E-state index contributed by atoms with van der Waals surface area (Å²) < 4.78 is 24.1. The highest BCUT2D eigenvalue weighted by Gasteiger charge is 2.47. The molecule has 108 valence electrons. The van der Waals surface area contributed by atoms with Crippen LogP contribution in [0.2, 0.25) is 0 Å². The molecule has 0 spiro atoms. The number of rotatable bonds is 1. The van der Waals surface area contributed by atoms with E-state index in [4.69, 9.17) is 0 Å². The maximum absolute atomic E-state index is 12.6. The molecule has 3 heterocycles. The number of carbonyl (C=O) groups excluding carboxylic acids is 1. The largest absolute Gasteiger partial charge is 0.393 e. The second-order valence-corrected chi connectivity index (χ2v) is 8.41. The molecular weight excluding hydrogens is 266 g/mol. The summed E-state index contributed by atoms with van der Waals surface area (Å²) in [7, 11) is -3.26. The van der Waals surface area contributed by atoms with Gasteiger partial charge in [0.05, 0.1) is 11.9 Å². The Morgan fingerprint density at radius 3 is 2.26 bits per heavy atom. The molecular formula is C13H21NO4S. The van der Waals surface area contributed by atoms with Crippen molar-refractivity contribution >= 4 is 15.7 Å². The Balaban J connectivity index is 1.81. The van der Waals surface area contributed by atoms with E-state index in [1.54, 1.807) is 4.90 Å². The summed E-state index contributed by atoms with van der Waals surface area (Å²) in [6.45, 7) is 0. The molecule has 0 aliphatic carbocycles. The van der Waals surface area contributed by atoms with Gasteiger partial charge in [0, 0.05) is 12.1 Å². The van der Waals surface area contributed by atoms with Gasteiger partial charge in [-0.05, 0) is 38.5 Å². The minimum Gasteiger partial charge on any atom is -0.393 e. The van der Waals surface area contributed by atoms with Gasteiger partial charge in [0.1, 0.15) is 5.25 Å². The van der Waals surface area contributed by atoms with Crippen molar-refractivity contribution in [1.29, 1.82) is 0 Å². The summed E-state index contributed by atoms with van der Waals surface area (Å²) in [6.07, 6.45) is 4.66. The van der Waals surface area contributed by atoms with E-state index in [-0.39, 0.29) is 29.8 Å². The van der Waals surface area contributed by atoms with Crippen LogP contribution in [0.5, 0.6) is 0 Å². The predicted octanol–water partition coefficient (Wildman–Crippen LogP) is 0.468. The van der Waals surface area contributed by atoms with Crippen molar-refractivity contribution in [2.75, 3.05) is 5.75 Å². The first-order valence-electron chi connectivity index (χ1n) is 7.21. The van der Waals surface area contributed by atoms with Gasteiger partial charge < -0.3 is 10.0 Å². The first kappa shape index (κ1) is 13.4. The summed E-state index contributed by atoms with van der Waals surface area (Å²) in [5, 5.41) is 8.93. The highest BCUT2D eigenvalue weighted by molar-refractivity contribution is 7.92. The van der Waals surface area contributed by atoms with Gasteiger partial charge >= 0.3 is 0 Å². The van der Waals surface area contributed by atoms with Gasteiger partial charge in [-0.15, -0.1) is 0 Å². The molecule has 0 aromatic rings. The van der Waals surface area contributed by atoms with Crippen LogP contribution in [0.25, 0.3) is 0 Å². The standard InChI is InChI=1S/C13H21NO4S/c15-11-7-9-4-5-10(8-11)14(9)13(16)12-3-1-2-6-19(12,17)18/h9-12,15H,1-8H2. The van der Waals surface area contributed by atoms with Crippen LogP contribution in [-0.4, -0.2) is 53.5 Å². The van der Waals surface area contributed by atoms with Crippen molar-refractivity contribution < 1.29 is 18.3 Å². The zero-order chi connectivity index (χ0) is 13.6. The van der Waals surface area contributed by atoms with Crippen LogP contribution < -0.4 is 0 Å². The number of hydrogen-bond acceptors (Lipinski definition) is 4. The molecule has 0 aromatic heterocycles. The lowest BCUT2D eigenvalue weighted by atomic mass is 9.99. The molecule has 3 aliphatic heterocycles. The van der Waals surface area contributed by atoms with Gasteiger partial charge in [0.15, 0.2) is 9.84 Å². The van der Waals surface area contributed by atoms with Crippen LogP contribution in [0.3, 0.4) is 0 Å². The summed E-state index contributed by atoms with van der Waals surface area (Å²) in [5.74, 6) is -0.0473. The fraction of sp³-hybridized carbons (Fsp3) is 0.923. The van der Waals surface area contributed by atoms with E-state index in [0.717, 1.165) is 19.3 Å². The lowest BCUT2D eigenvalue weighted by Crippen LogP contribution is -2.53. The number of aliphatic hydroxyl groups is 1. The minimum absolute atomic E-state index is 0.0541. The van der Waals surface area contributed by atoms with Crippen molar-refractivity contribution in [2.45, 2.75) is 68.4 Å². The lowest BCUT2D eigenvalue weighted by molar-refractivity contribution is -0.137. The third-order valence-corrected chi connectivity index (χ3v) is 6.98. The molecule has 5 nitrogen and oxygen atoms in total. The molecule has 1 N–H and O–H groups in total. The maximum Gasteiger partial charge on any atom is 0.241 e. The molecule has 1 amide bonds. The van der Waals surface area contributed by atoms with E-state index in [1.165, 1.54) is 0 Å². The maximum atomic E-state index is 12.6. The smallest absolute Gasteiger partial charge is 0.241 e. The molecule has 3 saturated heterocycles. The Hall–Kier alpha value is -0.620. The topological polar surface area (TPSA) is 74.7 Å². The molecule has 3 aliphatic rings. The molecule has 0 radical (unpaired) electrons. The van der Waals surface area contributed by atoms with E-state index < -0.39 is 15.1 Å². The van der Waals surface area contributed by atoms with E-state index in [9.17, 15) is 18.3 Å². The van der Waals surface area contributed by atoms with Crippen LogP contribution in [-0.2, 0) is 14.6 Å². The van der Waals surface area contributed by atoms with Gasteiger partial charge in [-0.2, -0.15) is 0 Å². The fourth-order valence-electron chi connectivity index (χ4n) is 3.91. The highest BCUT2D eigenvalue weighted by atomic mass is 32.2. The van der Waals surface area contributed by atoms with Gasteiger partial charge in [0.25, 0.3) is 0 Å². The monoisotopic (exact) mass is 287 g/mol. The lowest BCUT2D eigenvalue weighted by Gasteiger charge is -2.39. The zero-order valence-electron chi connectivity index (χ0n) is 11.0. The SMILES string of the molecule is O=C(C1CCCCS1(=O)=O)N1C2CCC1CC(O)C2. The summed E-state index contributed by atoms with van der Waals surface area (Å²) >= 11 is 0. The number of hydrogen-bond donors (Lipinski definition) is 1. The Kier molecular flexibility index (Phi) is 3.33. The van der Waals surface area contributed by atoms with Crippen molar-refractivity contribution in [1.82, 2.24) is 4.90 Å².